The fraction of sp³-hybridized carbons (Fsp3) is 0.462. The van der Waals surface area contributed by atoms with Gasteiger partial charge in [0.05, 0.1) is 15.1 Å². The fourth-order valence-corrected chi connectivity index (χ4v) is 5.27. The van der Waals surface area contributed by atoms with E-state index in [9.17, 15) is 9.59 Å². The lowest BCUT2D eigenvalue weighted by Gasteiger charge is -2.32. The van der Waals surface area contributed by atoms with Crippen LogP contribution in [0.4, 0.5) is 0 Å². The molecule has 7 heteroatoms. The molecule has 2 amide bonds. The van der Waals surface area contributed by atoms with E-state index in [1.54, 1.807) is 18.6 Å². The highest BCUT2D eigenvalue weighted by Crippen LogP contribution is 2.25. The summed E-state index contributed by atoms with van der Waals surface area (Å²) < 4.78 is 1.04. The van der Waals surface area contributed by atoms with Gasteiger partial charge in [-0.05, 0) is 60.7 Å². The minimum Gasteiger partial charge on any atom is -0.351 e. The second kappa shape index (κ2) is 10.9. The zero-order valence-corrected chi connectivity index (χ0v) is 20.2. The van der Waals surface area contributed by atoms with Gasteiger partial charge in [-0.1, -0.05) is 26.7 Å². The molecule has 0 saturated carbocycles. The Morgan fingerprint density at radius 2 is 1.97 bits per heavy atom. The van der Waals surface area contributed by atoms with E-state index < -0.39 is 0 Å². The summed E-state index contributed by atoms with van der Waals surface area (Å²) in [6.07, 6.45) is 10.6. The molecular weight excluding hydrogens is 432 g/mol. The summed E-state index contributed by atoms with van der Waals surface area (Å²) in [6.45, 7) is 6.53. The molecule has 4 rings (SSSR count). The van der Waals surface area contributed by atoms with Crippen LogP contribution in [0.25, 0.3) is 10.1 Å². The highest BCUT2D eigenvalue weighted by molar-refractivity contribution is 7.20. The van der Waals surface area contributed by atoms with Gasteiger partial charge < -0.3 is 10.2 Å². The summed E-state index contributed by atoms with van der Waals surface area (Å²) in [4.78, 5) is 36.4. The molecule has 1 fully saturated rings. The molecule has 174 valence electrons. The molecule has 0 unspecified atom stereocenters. The van der Waals surface area contributed by atoms with Crippen LogP contribution in [0.1, 0.15) is 77.6 Å². The SMILES string of the molecule is CC(C)c1ccc(C(=O)N2CCC(CCCCNC(=O)c3cc4ccncc4s3)CC2)cn1. The van der Waals surface area contributed by atoms with Crippen LogP contribution in [-0.2, 0) is 0 Å². The number of amides is 2. The third-order valence-electron chi connectivity index (χ3n) is 6.40. The smallest absolute Gasteiger partial charge is 0.261 e. The van der Waals surface area contributed by atoms with E-state index in [2.05, 4.69) is 29.1 Å². The van der Waals surface area contributed by atoms with Crippen LogP contribution in [0.2, 0.25) is 0 Å². The van der Waals surface area contributed by atoms with Crippen molar-refractivity contribution in [3.05, 3.63) is 59.0 Å². The molecule has 1 saturated heterocycles. The lowest BCUT2D eigenvalue weighted by molar-refractivity contribution is 0.0685. The first-order valence-corrected chi connectivity index (χ1v) is 12.7. The lowest BCUT2D eigenvalue weighted by Crippen LogP contribution is -2.38. The Kier molecular flexibility index (Phi) is 7.70. The largest absolute Gasteiger partial charge is 0.351 e. The first-order chi connectivity index (χ1) is 16.0. The van der Waals surface area contributed by atoms with Gasteiger partial charge in [-0.2, -0.15) is 0 Å². The van der Waals surface area contributed by atoms with E-state index in [1.165, 1.54) is 11.3 Å². The molecule has 0 aromatic carbocycles. The van der Waals surface area contributed by atoms with Crippen molar-refractivity contribution in [3.63, 3.8) is 0 Å². The Balaban J connectivity index is 1.13. The Bertz CT molecular complexity index is 1050. The molecule has 0 spiro atoms. The number of nitrogens with one attached hydrogen (secondary N) is 1. The van der Waals surface area contributed by atoms with Crippen molar-refractivity contribution in [2.75, 3.05) is 19.6 Å². The quantitative estimate of drug-likeness (QED) is 0.461. The standard InChI is InChI=1S/C26H32N4O2S/c1-18(2)22-7-6-21(16-29-22)26(32)30-13-9-19(10-14-30)5-3-4-11-28-25(31)23-15-20-8-12-27-17-24(20)33-23/h6-8,12,15-19H,3-5,9-11,13-14H2,1-2H3,(H,28,31). The van der Waals surface area contributed by atoms with E-state index in [0.29, 0.717) is 23.9 Å². The average Bonchev–Trinajstić information content (AvgIpc) is 3.28. The average molecular weight is 465 g/mol. The third kappa shape index (κ3) is 5.96. The Morgan fingerprint density at radius 1 is 1.15 bits per heavy atom. The molecule has 4 heterocycles. The number of nitrogens with zero attached hydrogens (tertiary/aromatic N) is 3. The van der Waals surface area contributed by atoms with Crippen molar-refractivity contribution < 1.29 is 9.59 Å². The number of aromatic nitrogens is 2. The summed E-state index contributed by atoms with van der Waals surface area (Å²) in [5.74, 6) is 1.11. The van der Waals surface area contributed by atoms with Gasteiger partial charge in [-0.15, -0.1) is 11.3 Å². The number of unbranched alkanes of at least 4 members (excludes halogenated alkanes) is 1. The summed E-state index contributed by atoms with van der Waals surface area (Å²) in [6, 6.07) is 7.73. The molecule has 0 radical (unpaired) electrons. The summed E-state index contributed by atoms with van der Waals surface area (Å²) >= 11 is 1.48. The lowest BCUT2D eigenvalue weighted by atomic mass is 9.91. The van der Waals surface area contributed by atoms with Crippen LogP contribution in [-0.4, -0.2) is 46.3 Å². The predicted molar refractivity (Wildman–Crippen MR) is 133 cm³/mol. The van der Waals surface area contributed by atoms with Crippen molar-refractivity contribution in [1.82, 2.24) is 20.2 Å². The van der Waals surface area contributed by atoms with Gasteiger partial charge >= 0.3 is 0 Å². The molecule has 0 aliphatic carbocycles. The normalized spacial score (nSPS) is 14.7. The van der Waals surface area contributed by atoms with Crippen molar-refractivity contribution in [1.29, 1.82) is 0 Å². The van der Waals surface area contributed by atoms with Gasteiger partial charge in [-0.25, -0.2) is 0 Å². The van der Waals surface area contributed by atoms with Crippen LogP contribution in [0.5, 0.6) is 0 Å². The van der Waals surface area contributed by atoms with E-state index >= 15 is 0 Å². The summed E-state index contributed by atoms with van der Waals surface area (Å²) in [5.41, 5.74) is 1.70. The van der Waals surface area contributed by atoms with E-state index in [0.717, 1.165) is 65.9 Å². The van der Waals surface area contributed by atoms with E-state index in [-0.39, 0.29) is 11.8 Å². The van der Waals surface area contributed by atoms with Gasteiger partial charge in [0.2, 0.25) is 0 Å². The highest BCUT2D eigenvalue weighted by atomic mass is 32.1. The molecule has 1 aliphatic rings. The molecular formula is C26H32N4O2S. The maximum Gasteiger partial charge on any atom is 0.261 e. The summed E-state index contributed by atoms with van der Waals surface area (Å²) in [5, 5.41) is 4.10. The monoisotopic (exact) mass is 464 g/mol. The summed E-state index contributed by atoms with van der Waals surface area (Å²) in [7, 11) is 0. The van der Waals surface area contributed by atoms with Gasteiger partial charge in [-0.3, -0.25) is 19.6 Å². The molecule has 6 nitrogen and oxygen atoms in total. The number of thiophene rings is 1. The van der Waals surface area contributed by atoms with E-state index in [1.807, 2.05) is 29.2 Å². The van der Waals surface area contributed by atoms with Crippen LogP contribution in [0.3, 0.4) is 0 Å². The van der Waals surface area contributed by atoms with Crippen LogP contribution < -0.4 is 5.32 Å². The van der Waals surface area contributed by atoms with Crippen LogP contribution in [0.15, 0.2) is 42.9 Å². The number of carbonyl (C=O) groups is 2. The number of hydrogen-bond acceptors (Lipinski definition) is 5. The van der Waals surface area contributed by atoms with Crippen LogP contribution >= 0.6 is 11.3 Å². The Labute approximate surface area is 199 Å². The van der Waals surface area contributed by atoms with Crippen molar-refractivity contribution >= 4 is 33.2 Å². The molecule has 0 atom stereocenters. The second-order valence-electron chi connectivity index (χ2n) is 9.14. The third-order valence-corrected chi connectivity index (χ3v) is 7.48. The van der Waals surface area contributed by atoms with Gasteiger partial charge in [0, 0.05) is 43.9 Å². The zero-order valence-electron chi connectivity index (χ0n) is 19.4. The first kappa shape index (κ1) is 23.4. The topological polar surface area (TPSA) is 75.2 Å². The van der Waals surface area contributed by atoms with Crippen molar-refractivity contribution in [2.24, 2.45) is 5.92 Å². The predicted octanol–water partition coefficient (Wildman–Crippen LogP) is 5.27. The van der Waals surface area contributed by atoms with Gasteiger partial charge in [0.25, 0.3) is 11.8 Å². The number of rotatable bonds is 8. The van der Waals surface area contributed by atoms with E-state index in [4.69, 9.17) is 0 Å². The van der Waals surface area contributed by atoms with Gasteiger partial charge in [0.15, 0.2) is 0 Å². The number of piperidine rings is 1. The molecule has 1 aliphatic heterocycles. The zero-order chi connectivity index (χ0) is 23.2. The van der Waals surface area contributed by atoms with Gasteiger partial charge in [0.1, 0.15) is 0 Å². The number of hydrogen-bond donors (Lipinski definition) is 1. The maximum absolute atomic E-state index is 12.8. The van der Waals surface area contributed by atoms with Crippen LogP contribution in [0, 0.1) is 5.92 Å². The highest BCUT2D eigenvalue weighted by Gasteiger charge is 2.23. The van der Waals surface area contributed by atoms with Crippen molar-refractivity contribution in [3.8, 4) is 0 Å². The number of carbonyl (C=O) groups excluding carboxylic acids is 2. The fourth-order valence-electron chi connectivity index (χ4n) is 4.32. The molecule has 33 heavy (non-hydrogen) atoms. The molecule has 1 N–H and O–H groups in total. The molecule has 3 aromatic rings. The number of fused-ring (bicyclic) bond motifs is 1. The Hall–Kier alpha value is -2.80. The minimum absolute atomic E-state index is 0.000984. The minimum atomic E-state index is -0.000984. The number of pyridine rings is 2. The first-order valence-electron chi connectivity index (χ1n) is 11.9. The number of likely N-dealkylation sites (tertiary alicyclic amines) is 1. The Morgan fingerprint density at radius 3 is 2.67 bits per heavy atom. The maximum atomic E-state index is 12.8. The second-order valence-corrected chi connectivity index (χ2v) is 10.2. The molecule has 0 bridgehead atoms. The van der Waals surface area contributed by atoms with Crippen molar-refractivity contribution in [2.45, 2.75) is 51.9 Å². The molecule has 3 aromatic heterocycles.